The summed E-state index contributed by atoms with van der Waals surface area (Å²) in [4.78, 5) is 11.9. The molecule has 136 valence electrons. The van der Waals surface area contributed by atoms with Crippen LogP contribution in [0, 0.1) is 5.92 Å². The summed E-state index contributed by atoms with van der Waals surface area (Å²) in [7, 11) is 3.38. The van der Waals surface area contributed by atoms with Gasteiger partial charge in [-0.3, -0.25) is 4.57 Å². The fraction of sp³-hybridized carbons (Fsp3) is 0.647. The van der Waals surface area contributed by atoms with E-state index in [9.17, 15) is 9.90 Å². The number of hydrogen-bond acceptors (Lipinski definition) is 6. The SMILES string of the molecule is CCCc1ccc(NC[C@H]2C[C@H](c3nn(C)c(=O)n3C)C[C@H]2O)nn1. The normalized spacial score (nSPS) is 23.1. The lowest BCUT2D eigenvalue weighted by atomic mass is 10.0. The first-order valence-corrected chi connectivity index (χ1v) is 8.84. The smallest absolute Gasteiger partial charge is 0.345 e. The molecule has 3 atom stereocenters. The molecule has 0 spiro atoms. The molecule has 0 aromatic carbocycles. The summed E-state index contributed by atoms with van der Waals surface area (Å²) >= 11 is 0. The van der Waals surface area contributed by atoms with Gasteiger partial charge in [-0.25, -0.2) is 9.48 Å². The minimum absolute atomic E-state index is 0.0960. The van der Waals surface area contributed by atoms with E-state index in [1.54, 1.807) is 18.7 Å². The molecule has 8 heteroatoms. The van der Waals surface area contributed by atoms with Crippen LogP contribution in [-0.4, -0.2) is 42.3 Å². The lowest BCUT2D eigenvalue weighted by Crippen LogP contribution is -2.22. The molecule has 2 N–H and O–H groups in total. The largest absolute Gasteiger partial charge is 0.393 e. The number of aromatic nitrogens is 5. The van der Waals surface area contributed by atoms with Gasteiger partial charge in [0.05, 0.1) is 11.8 Å². The molecule has 1 fully saturated rings. The van der Waals surface area contributed by atoms with Gasteiger partial charge in [-0.05, 0) is 31.4 Å². The van der Waals surface area contributed by atoms with Crippen molar-refractivity contribution in [2.75, 3.05) is 11.9 Å². The highest BCUT2D eigenvalue weighted by molar-refractivity contribution is 5.33. The van der Waals surface area contributed by atoms with Crippen LogP contribution in [-0.2, 0) is 20.5 Å². The Bertz CT molecular complexity index is 766. The van der Waals surface area contributed by atoms with Crippen molar-refractivity contribution in [3.63, 3.8) is 0 Å². The number of aliphatic hydroxyl groups is 1. The van der Waals surface area contributed by atoms with Gasteiger partial charge in [0.2, 0.25) is 0 Å². The molecule has 0 saturated heterocycles. The summed E-state index contributed by atoms with van der Waals surface area (Å²) in [6, 6.07) is 3.91. The van der Waals surface area contributed by atoms with Crippen LogP contribution >= 0.6 is 0 Å². The van der Waals surface area contributed by atoms with Crippen LogP contribution in [0.1, 0.15) is 43.6 Å². The van der Waals surface area contributed by atoms with Crippen molar-refractivity contribution in [2.45, 2.75) is 44.6 Å². The highest BCUT2D eigenvalue weighted by Crippen LogP contribution is 2.37. The first kappa shape index (κ1) is 17.6. The predicted molar refractivity (Wildman–Crippen MR) is 94.4 cm³/mol. The molecule has 0 unspecified atom stereocenters. The Morgan fingerprint density at radius 3 is 2.68 bits per heavy atom. The minimum atomic E-state index is -0.415. The Morgan fingerprint density at radius 1 is 1.28 bits per heavy atom. The topological polar surface area (TPSA) is 97.9 Å². The fourth-order valence-corrected chi connectivity index (χ4v) is 3.55. The van der Waals surface area contributed by atoms with Gasteiger partial charge in [0.25, 0.3) is 0 Å². The summed E-state index contributed by atoms with van der Waals surface area (Å²) < 4.78 is 2.92. The maximum Gasteiger partial charge on any atom is 0.345 e. The number of rotatable bonds is 6. The molecule has 3 rings (SSSR count). The number of anilines is 1. The summed E-state index contributed by atoms with van der Waals surface area (Å²) in [6.07, 6.45) is 2.98. The number of aliphatic hydroxyl groups excluding tert-OH is 1. The highest BCUT2D eigenvalue weighted by Gasteiger charge is 2.36. The van der Waals surface area contributed by atoms with E-state index in [-0.39, 0.29) is 17.5 Å². The predicted octanol–water partition coefficient (Wildman–Crippen LogP) is 0.828. The van der Waals surface area contributed by atoms with Crippen molar-refractivity contribution in [3.8, 4) is 0 Å². The first-order chi connectivity index (χ1) is 12.0. The molecule has 2 heterocycles. The van der Waals surface area contributed by atoms with E-state index in [4.69, 9.17) is 0 Å². The fourth-order valence-electron chi connectivity index (χ4n) is 3.55. The maximum atomic E-state index is 11.9. The van der Waals surface area contributed by atoms with Gasteiger partial charge in [-0.1, -0.05) is 13.3 Å². The van der Waals surface area contributed by atoms with Crippen molar-refractivity contribution < 1.29 is 5.11 Å². The van der Waals surface area contributed by atoms with Crippen molar-refractivity contribution >= 4 is 5.82 Å². The molecule has 2 aromatic rings. The van der Waals surface area contributed by atoms with Gasteiger partial charge in [-0.15, -0.1) is 5.10 Å². The monoisotopic (exact) mass is 346 g/mol. The van der Waals surface area contributed by atoms with Gasteiger partial charge < -0.3 is 10.4 Å². The van der Waals surface area contributed by atoms with E-state index in [2.05, 4.69) is 27.5 Å². The Hall–Kier alpha value is -2.22. The summed E-state index contributed by atoms with van der Waals surface area (Å²) in [5, 5.41) is 26.3. The van der Waals surface area contributed by atoms with Crippen LogP contribution in [0.5, 0.6) is 0 Å². The van der Waals surface area contributed by atoms with Crippen molar-refractivity contribution in [2.24, 2.45) is 20.0 Å². The van der Waals surface area contributed by atoms with Crippen LogP contribution in [0.25, 0.3) is 0 Å². The molecule has 1 saturated carbocycles. The van der Waals surface area contributed by atoms with Gasteiger partial charge in [0.1, 0.15) is 11.6 Å². The number of aryl methyl sites for hydroxylation is 2. The molecular weight excluding hydrogens is 320 g/mol. The van der Waals surface area contributed by atoms with E-state index in [0.29, 0.717) is 13.0 Å². The third kappa shape index (κ3) is 3.73. The standard InChI is InChI=1S/C17H26N6O2/c1-4-5-13-6-7-15(20-19-13)18-10-12-8-11(9-14(12)24)16-21-23(3)17(25)22(16)2/h6-7,11-12,14,24H,4-5,8-10H2,1-3H3,(H,18,20)/t11-,12+,14+/m0/s1. The zero-order valence-electron chi connectivity index (χ0n) is 15.0. The zero-order chi connectivity index (χ0) is 18.0. The van der Waals surface area contributed by atoms with E-state index < -0.39 is 6.10 Å². The third-order valence-corrected chi connectivity index (χ3v) is 4.95. The molecule has 0 amide bonds. The second-order valence-electron chi connectivity index (χ2n) is 6.86. The summed E-state index contributed by atoms with van der Waals surface area (Å²) in [5.41, 5.74) is 0.860. The average molecular weight is 346 g/mol. The Labute approximate surface area is 146 Å². The average Bonchev–Trinajstić information content (AvgIpc) is 3.09. The summed E-state index contributed by atoms with van der Waals surface area (Å²) in [5.74, 6) is 1.66. The van der Waals surface area contributed by atoms with Crippen LogP contribution < -0.4 is 11.0 Å². The van der Waals surface area contributed by atoms with E-state index in [1.165, 1.54) is 4.68 Å². The van der Waals surface area contributed by atoms with Crippen LogP contribution in [0.3, 0.4) is 0 Å². The van der Waals surface area contributed by atoms with Gasteiger partial charge in [0.15, 0.2) is 0 Å². The molecule has 1 aliphatic carbocycles. The number of nitrogens with one attached hydrogen (secondary N) is 1. The van der Waals surface area contributed by atoms with Crippen LogP contribution in [0.15, 0.2) is 16.9 Å². The molecule has 0 bridgehead atoms. The zero-order valence-corrected chi connectivity index (χ0v) is 15.0. The van der Waals surface area contributed by atoms with Gasteiger partial charge in [0, 0.05) is 32.5 Å². The Kier molecular flexibility index (Phi) is 5.17. The van der Waals surface area contributed by atoms with Crippen molar-refractivity contribution in [1.29, 1.82) is 0 Å². The molecular formula is C17H26N6O2. The number of nitrogens with zero attached hydrogens (tertiary/aromatic N) is 5. The first-order valence-electron chi connectivity index (χ1n) is 8.84. The second kappa shape index (κ2) is 7.35. The third-order valence-electron chi connectivity index (χ3n) is 4.95. The van der Waals surface area contributed by atoms with Crippen molar-refractivity contribution in [3.05, 3.63) is 34.1 Å². The molecule has 0 aliphatic heterocycles. The molecule has 8 nitrogen and oxygen atoms in total. The van der Waals surface area contributed by atoms with Gasteiger partial charge >= 0.3 is 5.69 Å². The lowest BCUT2D eigenvalue weighted by molar-refractivity contribution is 0.137. The molecule has 25 heavy (non-hydrogen) atoms. The molecule has 0 radical (unpaired) electrons. The summed E-state index contributed by atoms with van der Waals surface area (Å²) in [6.45, 7) is 2.74. The van der Waals surface area contributed by atoms with Gasteiger partial charge in [-0.2, -0.15) is 10.2 Å². The van der Waals surface area contributed by atoms with Crippen molar-refractivity contribution in [1.82, 2.24) is 24.5 Å². The van der Waals surface area contributed by atoms with Crippen LogP contribution in [0.2, 0.25) is 0 Å². The molecule has 2 aromatic heterocycles. The number of hydrogen-bond donors (Lipinski definition) is 2. The van der Waals surface area contributed by atoms with E-state index in [1.807, 2.05) is 12.1 Å². The minimum Gasteiger partial charge on any atom is -0.393 e. The maximum absolute atomic E-state index is 11.9. The van der Waals surface area contributed by atoms with E-state index in [0.717, 1.165) is 36.6 Å². The Morgan fingerprint density at radius 2 is 2.08 bits per heavy atom. The molecule has 1 aliphatic rings. The van der Waals surface area contributed by atoms with E-state index >= 15 is 0 Å². The van der Waals surface area contributed by atoms with Crippen LogP contribution in [0.4, 0.5) is 5.82 Å². The second-order valence-corrected chi connectivity index (χ2v) is 6.86. The quantitative estimate of drug-likeness (QED) is 0.804. The lowest BCUT2D eigenvalue weighted by Gasteiger charge is -2.15. The Balaban J connectivity index is 1.60. The highest BCUT2D eigenvalue weighted by atomic mass is 16.3.